The summed E-state index contributed by atoms with van der Waals surface area (Å²) >= 11 is 1.26. The number of thiazole rings is 1. The fourth-order valence-corrected chi connectivity index (χ4v) is 3.17. The van der Waals surface area contributed by atoms with Crippen LogP contribution >= 0.6 is 11.3 Å². The van der Waals surface area contributed by atoms with Crippen LogP contribution < -0.4 is 10.6 Å². The Bertz CT molecular complexity index is 488. The monoisotopic (exact) mass is 296 g/mol. The van der Waals surface area contributed by atoms with E-state index in [0.29, 0.717) is 23.4 Å². The summed E-state index contributed by atoms with van der Waals surface area (Å²) in [5.74, 6) is -0.364. The van der Waals surface area contributed by atoms with Gasteiger partial charge in [-0.2, -0.15) is 0 Å². The maximum atomic E-state index is 12.0. The Hall–Kier alpha value is -1.47. The van der Waals surface area contributed by atoms with Crippen molar-refractivity contribution in [2.45, 2.75) is 32.7 Å². The minimum Gasteiger partial charge on any atom is -0.349 e. The van der Waals surface area contributed by atoms with Gasteiger partial charge in [0.25, 0.3) is 5.91 Å². The highest BCUT2D eigenvalue weighted by Gasteiger charge is 2.23. The van der Waals surface area contributed by atoms with Crippen LogP contribution in [0.4, 0.5) is 5.13 Å². The van der Waals surface area contributed by atoms with Crippen molar-refractivity contribution in [3.8, 4) is 0 Å². The first kappa shape index (κ1) is 14.9. The van der Waals surface area contributed by atoms with E-state index in [1.54, 1.807) is 5.38 Å². The number of carbonyl (C=O) groups excluding carboxylic acids is 2. The molecule has 2 heterocycles. The Labute approximate surface area is 122 Å². The molecule has 2 amide bonds. The van der Waals surface area contributed by atoms with Gasteiger partial charge in [0.2, 0.25) is 5.91 Å². The molecule has 7 heteroatoms. The van der Waals surface area contributed by atoms with Gasteiger partial charge < -0.3 is 10.6 Å². The second-order valence-electron chi connectivity index (χ2n) is 4.85. The molecule has 0 bridgehead atoms. The molecular weight excluding hydrogens is 276 g/mol. The Morgan fingerprint density at radius 1 is 1.55 bits per heavy atom. The molecule has 1 aliphatic rings. The highest BCUT2D eigenvalue weighted by molar-refractivity contribution is 7.14. The van der Waals surface area contributed by atoms with Gasteiger partial charge in [0.1, 0.15) is 5.69 Å². The van der Waals surface area contributed by atoms with Crippen LogP contribution in [0.3, 0.4) is 0 Å². The molecule has 0 spiro atoms. The van der Waals surface area contributed by atoms with Crippen LogP contribution in [-0.4, -0.2) is 47.4 Å². The molecule has 110 valence electrons. The van der Waals surface area contributed by atoms with Crippen molar-refractivity contribution in [1.82, 2.24) is 15.2 Å². The molecule has 20 heavy (non-hydrogen) atoms. The van der Waals surface area contributed by atoms with E-state index in [1.165, 1.54) is 24.7 Å². The van der Waals surface area contributed by atoms with Gasteiger partial charge in [-0.05, 0) is 25.9 Å². The molecule has 1 aromatic heterocycles. The van der Waals surface area contributed by atoms with Gasteiger partial charge in [0.05, 0.1) is 0 Å². The van der Waals surface area contributed by atoms with E-state index in [9.17, 15) is 9.59 Å². The van der Waals surface area contributed by atoms with Crippen LogP contribution in [0.15, 0.2) is 5.38 Å². The number of likely N-dealkylation sites (N-methyl/N-ethyl adjacent to an activating group) is 1. The number of aromatic nitrogens is 1. The molecule has 1 fully saturated rings. The van der Waals surface area contributed by atoms with Crippen molar-refractivity contribution in [3.63, 3.8) is 0 Å². The summed E-state index contributed by atoms with van der Waals surface area (Å²) < 4.78 is 0. The number of hydrogen-bond donors (Lipinski definition) is 2. The van der Waals surface area contributed by atoms with Gasteiger partial charge in [-0.25, -0.2) is 4.98 Å². The van der Waals surface area contributed by atoms with Crippen molar-refractivity contribution in [2.24, 2.45) is 0 Å². The number of anilines is 1. The highest BCUT2D eigenvalue weighted by Crippen LogP contribution is 2.17. The Morgan fingerprint density at radius 2 is 2.35 bits per heavy atom. The first-order valence-electron chi connectivity index (χ1n) is 6.85. The maximum absolute atomic E-state index is 12.0. The summed E-state index contributed by atoms with van der Waals surface area (Å²) in [5, 5.41) is 7.61. The van der Waals surface area contributed by atoms with E-state index in [4.69, 9.17) is 0 Å². The van der Waals surface area contributed by atoms with E-state index < -0.39 is 0 Å². The van der Waals surface area contributed by atoms with Crippen molar-refractivity contribution < 1.29 is 9.59 Å². The van der Waals surface area contributed by atoms with E-state index in [-0.39, 0.29) is 11.8 Å². The molecule has 1 atom stereocenters. The molecule has 1 aliphatic heterocycles. The summed E-state index contributed by atoms with van der Waals surface area (Å²) in [4.78, 5) is 29.4. The van der Waals surface area contributed by atoms with Crippen molar-refractivity contribution in [2.75, 3.05) is 25.0 Å². The lowest BCUT2D eigenvalue weighted by Crippen LogP contribution is -2.40. The third kappa shape index (κ3) is 3.77. The quantitative estimate of drug-likeness (QED) is 0.859. The molecule has 6 nitrogen and oxygen atoms in total. The fourth-order valence-electron chi connectivity index (χ4n) is 2.43. The lowest BCUT2D eigenvalue weighted by atomic mass is 10.2. The molecule has 2 N–H and O–H groups in total. The number of nitrogens with zero attached hydrogens (tertiary/aromatic N) is 2. The number of amides is 2. The van der Waals surface area contributed by atoms with E-state index in [2.05, 4.69) is 27.4 Å². The summed E-state index contributed by atoms with van der Waals surface area (Å²) in [5.41, 5.74) is 0.361. The average molecular weight is 296 g/mol. The summed E-state index contributed by atoms with van der Waals surface area (Å²) in [6, 6.07) is 0.428. The van der Waals surface area contributed by atoms with Gasteiger partial charge in [-0.1, -0.05) is 6.92 Å². The normalized spacial score (nSPS) is 19.0. The Morgan fingerprint density at radius 3 is 3.05 bits per heavy atom. The summed E-state index contributed by atoms with van der Waals surface area (Å²) in [6.07, 6.45) is 2.32. The Kier molecular flexibility index (Phi) is 5.08. The van der Waals surface area contributed by atoms with Crippen molar-refractivity contribution >= 4 is 28.3 Å². The van der Waals surface area contributed by atoms with E-state index in [1.807, 2.05) is 0 Å². The van der Waals surface area contributed by atoms with E-state index in [0.717, 1.165) is 19.5 Å². The van der Waals surface area contributed by atoms with Crippen LogP contribution in [0, 0.1) is 0 Å². The lowest BCUT2D eigenvalue weighted by Gasteiger charge is -2.22. The number of hydrogen-bond acceptors (Lipinski definition) is 5. The second kappa shape index (κ2) is 6.81. The number of rotatable bonds is 5. The predicted molar refractivity (Wildman–Crippen MR) is 79.0 cm³/mol. The Balaban J connectivity index is 1.85. The van der Waals surface area contributed by atoms with Crippen LogP contribution in [0.1, 0.15) is 37.2 Å². The van der Waals surface area contributed by atoms with Crippen LogP contribution in [-0.2, 0) is 4.79 Å². The molecule has 1 unspecified atom stereocenters. The van der Waals surface area contributed by atoms with Crippen LogP contribution in [0.2, 0.25) is 0 Å². The van der Waals surface area contributed by atoms with Crippen molar-refractivity contribution in [1.29, 1.82) is 0 Å². The zero-order valence-electron chi connectivity index (χ0n) is 11.8. The van der Waals surface area contributed by atoms with Crippen LogP contribution in [0.5, 0.6) is 0 Å². The first-order chi connectivity index (χ1) is 9.60. The predicted octanol–water partition coefficient (Wildman–Crippen LogP) is 1.32. The van der Waals surface area contributed by atoms with Gasteiger partial charge in [0.15, 0.2) is 5.13 Å². The fraction of sp³-hybridized carbons (Fsp3) is 0.615. The topological polar surface area (TPSA) is 74.3 Å². The van der Waals surface area contributed by atoms with Gasteiger partial charge in [-0.3, -0.25) is 14.5 Å². The molecule has 1 saturated heterocycles. The molecule has 0 saturated carbocycles. The largest absolute Gasteiger partial charge is 0.349 e. The third-order valence-corrected chi connectivity index (χ3v) is 4.18. The minimum absolute atomic E-state index is 0.180. The standard InChI is InChI=1S/C13H20N4O2S/c1-3-17-6-4-5-10(17)7-14-12(19)11-8-20-13(16-11)15-9(2)18/h8,10H,3-7H2,1-2H3,(H,14,19)(H,15,16,18). The number of nitrogens with one attached hydrogen (secondary N) is 2. The molecule has 1 aromatic rings. The summed E-state index contributed by atoms with van der Waals surface area (Å²) in [6.45, 7) is 6.34. The molecule has 0 aromatic carbocycles. The second-order valence-corrected chi connectivity index (χ2v) is 5.71. The maximum Gasteiger partial charge on any atom is 0.270 e. The number of carbonyl (C=O) groups is 2. The molecule has 0 aliphatic carbocycles. The van der Waals surface area contributed by atoms with Crippen LogP contribution in [0.25, 0.3) is 0 Å². The third-order valence-electron chi connectivity index (χ3n) is 3.42. The van der Waals surface area contributed by atoms with Gasteiger partial charge in [0, 0.05) is 24.9 Å². The van der Waals surface area contributed by atoms with Crippen molar-refractivity contribution in [3.05, 3.63) is 11.1 Å². The smallest absolute Gasteiger partial charge is 0.270 e. The van der Waals surface area contributed by atoms with Gasteiger partial charge >= 0.3 is 0 Å². The van der Waals surface area contributed by atoms with Gasteiger partial charge in [-0.15, -0.1) is 11.3 Å². The molecular formula is C13H20N4O2S. The number of likely N-dealkylation sites (tertiary alicyclic amines) is 1. The highest BCUT2D eigenvalue weighted by atomic mass is 32.1. The lowest BCUT2D eigenvalue weighted by molar-refractivity contribution is -0.114. The zero-order valence-corrected chi connectivity index (χ0v) is 12.6. The SMILES string of the molecule is CCN1CCCC1CNC(=O)c1csc(NC(C)=O)n1. The molecule has 2 rings (SSSR count). The minimum atomic E-state index is -0.184. The van der Waals surface area contributed by atoms with E-state index >= 15 is 0 Å². The molecule has 0 radical (unpaired) electrons. The zero-order chi connectivity index (χ0) is 14.5. The average Bonchev–Trinajstić information content (AvgIpc) is 3.03. The summed E-state index contributed by atoms with van der Waals surface area (Å²) in [7, 11) is 0. The first-order valence-corrected chi connectivity index (χ1v) is 7.73.